The molecule has 0 aliphatic rings. The number of hydrogen-bond donors (Lipinski definition) is 0. The fraction of sp³-hybridized carbons (Fsp3) is 0.250. The summed E-state index contributed by atoms with van der Waals surface area (Å²) in [6.07, 6.45) is 1.84. The fourth-order valence-corrected chi connectivity index (χ4v) is 1.47. The van der Waals surface area contributed by atoms with Gasteiger partial charge in [0.15, 0.2) is 0 Å². The zero-order valence-electron chi connectivity index (χ0n) is 8.57. The molecule has 1 aromatic heterocycles. The van der Waals surface area contributed by atoms with Crippen LogP contribution in [0.5, 0.6) is 0 Å². The molecule has 2 nitrogen and oxygen atoms in total. The summed E-state index contributed by atoms with van der Waals surface area (Å²) in [6.45, 7) is 8.34. The highest BCUT2D eigenvalue weighted by atomic mass is 15.1. The quantitative estimate of drug-likeness (QED) is 0.704. The Labute approximate surface area is 83.9 Å². The molecular weight excluding hydrogens is 172 g/mol. The highest BCUT2D eigenvalue weighted by molar-refractivity contribution is 5.78. The molecule has 0 aliphatic carbocycles. The summed E-state index contributed by atoms with van der Waals surface area (Å²) in [6, 6.07) is 8.10. The Morgan fingerprint density at radius 1 is 1.36 bits per heavy atom. The number of nitrogens with zero attached hydrogens (tertiary/aromatic N) is 2. The zero-order valence-corrected chi connectivity index (χ0v) is 8.57. The second-order valence-electron chi connectivity index (χ2n) is 3.75. The minimum Gasteiger partial charge on any atom is -0.303 e. The Hall–Kier alpha value is -1.57. The molecule has 2 heteroatoms. The number of aromatic nitrogens is 2. The number of para-hydroxylation sites is 2. The third-order valence-corrected chi connectivity index (χ3v) is 2.43. The third kappa shape index (κ3) is 1.33. The molecule has 0 spiro atoms. The Bertz CT molecular complexity index is 466. The van der Waals surface area contributed by atoms with E-state index in [1.54, 1.807) is 0 Å². The highest BCUT2D eigenvalue weighted by Crippen LogP contribution is 2.20. The lowest BCUT2D eigenvalue weighted by Crippen LogP contribution is -2.00. The van der Waals surface area contributed by atoms with Crippen molar-refractivity contribution >= 4 is 16.7 Å². The summed E-state index contributed by atoms with van der Waals surface area (Å²) in [4.78, 5) is 4.32. The highest BCUT2D eigenvalue weighted by Gasteiger charge is 2.06. The van der Waals surface area contributed by atoms with Gasteiger partial charge in [0.2, 0.25) is 0 Å². The summed E-state index contributed by atoms with van der Waals surface area (Å²) in [5.74, 6) is 0.438. The maximum atomic E-state index is 4.32. The molecule has 0 N–H and O–H groups in total. The molecule has 0 amide bonds. The van der Waals surface area contributed by atoms with Gasteiger partial charge in [-0.2, -0.15) is 0 Å². The molecule has 2 rings (SSSR count). The molecule has 0 saturated carbocycles. The average molecular weight is 186 g/mol. The van der Waals surface area contributed by atoms with Crippen molar-refractivity contribution < 1.29 is 0 Å². The Morgan fingerprint density at radius 2 is 2.07 bits per heavy atom. The number of imidazole rings is 1. The van der Waals surface area contributed by atoms with Gasteiger partial charge >= 0.3 is 0 Å². The van der Waals surface area contributed by atoms with Crippen molar-refractivity contribution in [2.45, 2.75) is 13.8 Å². The number of rotatable bonds is 2. The van der Waals surface area contributed by atoms with Gasteiger partial charge in [-0.15, -0.1) is 0 Å². The molecule has 0 atom stereocenters. The average Bonchev–Trinajstić information content (AvgIpc) is 2.60. The van der Waals surface area contributed by atoms with E-state index in [0.717, 1.165) is 16.7 Å². The van der Waals surface area contributed by atoms with Crippen LogP contribution in [-0.2, 0) is 0 Å². The van der Waals surface area contributed by atoms with E-state index in [0.29, 0.717) is 5.92 Å². The summed E-state index contributed by atoms with van der Waals surface area (Å²) in [7, 11) is 0. The summed E-state index contributed by atoms with van der Waals surface area (Å²) in [5, 5.41) is 0. The first-order valence-corrected chi connectivity index (χ1v) is 4.81. The Kier molecular flexibility index (Phi) is 2.12. The van der Waals surface area contributed by atoms with Crippen LogP contribution in [-0.4, -0.2) is 9.55 Å². The van der Waals surface area contributed by atoms with Crippen LogP contribution < -0.4 is 0 Å². The second kappa shape index (κ2) is 3.29. The lowest BCUT2D eigenvalue weighted by molar-refractivity contribution is 0.801. The van der Waals surface area contributed by atoms with Gasteiger partial charge in [-0.05, 0) is 18.1 Å². The lowest BCUT2D eigenvalue weighted by atomic mass is 10.1. The van der Waals surface area contributed by atoms with Gasteiger partial charge in [-0.3, -0.25) is 0 Å². The molecule has 14 heavy (non-hydrogen) atoms. The van der Waals surface area contributed by atoms with E-state index < -0.39 is 0 Å². The van der Waals surface area contributed by atoms with Crippen molar-refractivity contribution in [3.63, 3.8) is 0 Å². The molecule has 0 bridgehead atoms. The number of allylic oxidation sites excluding steroid dienone is 1. The van der Waals surface area contributed by atoms with E-state index in [9.17, 15) is 0 Å². The number of fused-ring (bicyclic) bond motifs is 1. The molecular formula is C12H14N2. The maximum absolute atomic E-state index is 4.32. The first kappa shape index (κ1) is 9.00. The van der Waals surface area contributed by atoms with Gasteiger partial charge in [0, 0.05) is 5.70 Å². The van der Waals surface area contributed by atoms with Crippen molar-refractivity contribution in [1.82, 2.24) is 9.55 Å². The molecule has 0 saturated heterocycles. The van der Waals surface area contributed by atoms with Crippen LogP contribution in [0.3, 0.4) is 0 Å². The molecule has 1 heterocycles. The van der Waals surface area contributed by atoms with E-state index >= 15 is 0 Å². The summed E-state index contributed by atoms with van der Waals surface area (Å²) in [5.41, 5.74) is 3.24. The zero-order chi connectivity index (χ0) is 10.1. The van der Waals surface area contributed by atoms with Crippen LogP contribution in [0.15, 0.2) is 37.2 Å². The van der Waals surface area contributed by atoms with Crippen LogP contribution >= 0.6 is 0 Å². The van der Waals surface area contributed by atoms with Gasteiger partial charge in [0.1, 0.15) is 6.33 Å². The normalized spacial score (nSPS) is 11.1. The van der Waals surface area contributed by atoms with Gasteiger partial charge in [0.05, 0.1) is 11.0 Å². The monoisotopic (exact) mass is 186 g/mol. The fourth-order valence-electron chi connectivity index (χ4n) is 1.47. The standard InChI is InChI=1S/C12H14N2/c1-9(2)10(3)14-8-13-11-6-4-5-7-12(11)14/h4-9H,3H2,1-2H3. The van der Waals surface area contributed by atoms with Crippen molar-refractivity contribution in [2.24, 2.45) is 5.92 Å². The van der Waals surface area contributed by atoms with E-state index in [4.69, 9.17) is 0 Å². The lowest BCUT2D eigenvalue weighted by Gasteiger charge is -2.10. The van der Waals surface area contributed by atoms with E-state index in [-0.39, 0.29) is 0 Å². The molecule has 0 radical (unpaired) electrons. The summed E-state index contributed by atoms with van der Waals surface area (Å²) >= 11 is 0. The van der Waals surface area contributed by atoms with E-state index in [1.807, 2.05) is 24.5 Å². The Morgan fingerprint density at radius 3 is 2.79 bits per heavy atom. The van der Waals surface area contributed by atoms with Gasteiger partial charge in [0.25, 0.3) is 0 Å². The first-order chi connectivity index (χ1) is 6.70. The minimum absolute atomic E-state index is 0.438. The SMILES string of the molecule is C=C(C(C)C)n1cnc2ccccc21. The molecule has 72 valence electrons. The van der Waals surface area contributed by atoms with Crippen LogP contribution in [0, 0.1) is 5.92 Å². The van der Waals surface area contributed by atoms with Crippen molar-refractivity contribution in [1.29, 1.82) is 0 Å². The predicted molar refractivity (Wildman–Crippen MR) is 59.9 cm³/mol. The molecule has 0 aliphatic heterocycles. The van der Waals surface area contributed by atoms with E-state index in [1.165, 1.54) is 0 Å². The first-order valence-electron chi connectivity index (χ1n) is 4.81. The molecule has 1 aromatic carbocycles. The van der Waals surface area contributed by atoms with Gasteiger partial charge < -0.3 is 4.57 Å². The Balaban J connectivity index is 2.58. The van der Waals surface area contributed by atoms with Crippen molar-refractivity contribution in [3.8, 4) is 0 Å². The number of hydrogen-bond acceptors (Lipinski definition) is 1. The largest absolute Gasteiger partial charge is 0.303 e. The maximum Gasteiger partial charge on any atom is 0.100 e. The van der Waals surface area contributed by atoms with Crippen LogP contribution in [0.2, 0.25) is 0 Å². The van der Waals surface area contributed by atoms with Crippen molar-refractivity contribution in [3.05, 3.63) is 37.2 Å². The van der Waals surface area contributed by atoms with Crippen LogP contribution in [0.25, 0.3) is 16.7 Å². The van der Waals surface area contributed by atoms with Gasteiger partial charge in [-0.1, -0.05) is 32.6 Å². The van der Waals surface area contributed by atoms with Crippen LogP contribution in [0.4, 0.5) is 0 Å². The topological polar surface area (TPSA) is 17.8 Å². The summed E-state index contributed by atoms with van der Waals surface area (Å²) < 4.78 is 2.06. The van der Waals surface area contributed by atoms with Crippen LogP contribution in [0.1, 0.15) is 13.8 Å². The molecule has 2 aromatic rings. The van der Waals surface area contributed by atoms with E-state index in [2.05, 4.69) is 36.0 Å². The minimum atomic E-state index is 0.438. The van der Waals surface area contributed by atoms with Gasteiger partial charge in [-0.25, -0.2) is 4.98 Å². The molecule has 0 unspecified atom stereocenters. The third-order valence-electron chi connectivity index (χ3n) is 2.43. The molecule has 0 fully saturated rings. The van der Waals surface area contributed by atoms with Crippen molar-refractivity contribution in [2.75, 3.05) is 0 Å². The number of benzene rings is 1. The smallest absolute Gasteiger partial charge is 0.100 e. The predicted octanol–water partition coefficient (Wildman–Crippen LogP) is 3.16. The second-order valence-corrected chi connectivity index (χ2v) is 3.75.